The maximum Gasteiger partial charge on any atom is 0.410 e. The number of alkyl halides is 1. The lowest BCUT2D eigenvalue weighted by Crippen LogP contribution is -2.63. The average Bonchev–Trinajstić information content (AvgIpc) is 3.72. The van der Waals surface area contributed by atoms with Gasteiger partial charge in [0.25, 0.3) is 0 Å². The van der Waals surface area contributed by atoms with Gasteiger partial charge in [-0.25, -0.2) is 18.0 Å². The van der Waals surface area contributed by atoms with Gasteiger partial charge in [0.1, 0.15) is 23.9 Å². The Kier molecular flexibility index (Phi) is 14.6. The largest absolute Gasteiger partial charge is 0.444 e. The van der Waals surface area contributed by atoms with Crippen LogP contribution < -0.4 is 0 Å². The minimum Gasteiger partial charge on any atom is -0.444 e. The lowest BCUT2D eigenvalue weighted by Gasteiger charge is -2.47. The van der Waals surface area contributed by atoms with Crippen LogP contribution in [0.2, 0.25) is 0 Å². The van der Waals surface area contributed by atoms with Crippen LogP contribution in [0, 0.1) is 17.6 Å². The third-order valence-corrected chi connectivity index (χ3v) is 10.6. The maximum atomic E-state index is 14.9. The SMILES string of the molecule is CC(C)(C)OC(=O)N1C[C@@H](OC(CF)C2CCCC2)OC[C@@H]1[C@@H](OCc1ccccc1)[C@H](Cc1cc(F)cc(F)c1)N(Cc1ccccc1)Cc1ccccc1. The van der Waals surface area contributed by atoms with E-state index < -0.39 is 60.6 Å². The molecule has 4 aromatic carbocycles. The number of morpholine rings is 1. The molecule has 1 saturated carbocycles. The molecule has 1 aliphatic carbocycles. The fourth-order valence-electron chi connectivity index (χ4n) is 7.92. The average molecular weight is 773 g/mol. The molecule has 6 rings (SSSR count). The van der Waals surface area contributed by atoms with Crippen molar-refractivity contribution in [2.24, 2.45) is 5.92 Å². The number of nitrogens with zero attached hydrogens (tertiary/aromatic N) is 2. The van der Waals surface area contributed by atoms with Gasteiger partial charge in [-0.05, 0) is 80.3 Å². The number of hydrogen-bond acceptors (Lipinski definition) is 6. The van der Waals surface area contributed by atoms with E-state index in [0.717, 1.165) is 48.4 Å². The summed E-state index contributed by atoms with van der Waals surface area (Å²) in [5.41, 5.74) is 2.59. The van der Waals surface area contributed by atoms with Crippen molar-refractivity contribution in [3.05, 3.63) is 143 Å². The smallest absolute Gasteiger partial charge is 0.410 e. The van der Waals surface area contributed by atoms with Crippen LogP contribution in [0.5, 0.6) is 0 Å². The number of benzene rings is 4. The van der Waals surface area contributed by atoms with Crippen LogP contribution in [0.4, 0.5) is 18.0 Å². The van der Waals surface area contributed by atoms with Crippen molar-refractivity contribution in [3.63, 3.8) is 0 Å². The lowest BCUT2D eigenvalue weighted by atomic mass is 9.92. The molecule has 5 atom stereocenters. The van der Waals surface area contributed by atoms with Gasteiger partial charge in [-0.2, -0.15) is 0 Å². The summed E-state index contributed by atoms with van der Waals surface area (Å²) in [6.45, 7) is 5.86. The number of halogens is 3. The number of ether oxygens (including phenoxy) is 4. The summed E-state index contributed by atoms with van der Waals surface area (Å²) in [7, 11) is 0. The summed E-state index contributed by atoms with van der Waals surface area (Å²) in [6, 6.07) is 32.0. The first-order valence-electron chi connectivity index (χ1n) is 19.8. The summed E-state index contributed by atoms with van der Waals surface area (Å²) >= 11 is 0. The van der Waals surface area contributed by atoms with Crippen molar-refractivity contribution < 1.29 is 36.9 Å². The third kappa shape index (κ3) is 11.9. The monoisotopic (exact) mass is 772 g/mol. The fourth-order valence-corrected chi connectivity index (χ4v) is 7.92. The van der Waals surface area contributed by atoms with Gasteiger partial charge < -0.3 is 18.9 Å². The molecule has 0 radical (unpaired) electrons. The van der Waals surface area contributed by atoms with Crippen LogP contribution in [0.25, 0.3) is 0 Å². The molecule has 4 aromatic rings. The first-order valence-corrected chi connectivity index (χ1v) is 19.8. The predicted octanol–water partition coefficient (Wildman–Crippen LogP) is 9.67. The van der Waals surface area contributed by atoms with Gasteiger partial charge in [0, 0.05) is 25.2 Å². The minimum absolute atomic E-state index is 0.00837. The van der Waals surface area contributed by atoms with Gasteiger partial charge in [-0.1, -0.05) is 104 Å². The number of carbonyl (C=O) groups excluding carboxylic acids is 1. The van der Waals surface area contributed by atoms with E-state index in [2.05, 4.69) is 4.90 Å². The number of carbonyl (C=O) groups is 1. The standard InChI is InChI=1S/C46H55F3N2O5/c1-46(2,3)56-45(52)51-30-43(55-42(27-47)37-21-13-14-22-37)53-32-41(51)44(54-31-35-19-11-6-12-20-35)40(25-36-23-38(48)26-39(49)24-36)50(28-33-15-7-4-8-16-33)29-34-17-9-5-10-18-34/h4-12,15-20,23-24,26,37,40-44H,13-14,21-22,25,27-32H2,1-3H3/t40-,41+,42?,43+,44-/m0/s1. The summed E-state index contributed by atoms with van der Waals surface area (Å²) in [5, 5.41) is 0. The van der Waals surface area contributed by atoms with Crippen molar-refractivity contribution >= 4 is 6.09 Å². The van der Waals surface area contributed by atoms with Crippen molar-refractivity contribution in [1.82, 2.24) is 9.80 Å². The Balaban J connectivity index is 1.44. The van der Waals surface area contributed by atoms with Crippen LogP contribution >= 0.6 is 0 Å². The molecule has 2 fully saturated rings. The highest BCUT2D eigenvalue weighted by Gasteiger charge is 2.45. The molecule has 1 saturated heterocycles. The molecule has 10 heteroatoms. The lowest BCUT2D eigenvalue weighted by molar-refractivity contribution is -0.235. The molecule has 2 aliphatic rings. The number of hydrogen-bond donors (Lipinski definition) is 0. The predicted molar refractivity (Wildman–Crippen MR) is 210 cm³/mol. The minimum atomic E-state index is -0.893. The van der Waals surface area contributed by atoms with Crippen LogP contribution in [0.15, 0.2) is 109 Å². The van der Waals surface area contributed by atoms with Crippen molar-refractivity contribution in [2.45, 2.75) is 109 Å². The topological polar surface area (TPSA) is 60.5 Å². The molecular weight excluding hydrogens is 718 g/mol. The molecule has 7 nitrogen and oxygen atoms in total. The summed E-state index contributed by atoms with van der Waals surface area (Å²) in [4.78, 5) is 18.2. The van der Waals surface area contributed by atoms with Gasteiger partial charge in [0.05, 0.1) is 38.0 Å². The Morgan fingerprint density at radius 1 is 0.821 bits per heavy atom. The molecule has 0 spiro atoms. The van der Waals surface area contributed by atoms with Crippen molar-refractivity contribution in [2.75, 3.05) is 19.8 Å². The molecule has 0 N–H and O–H groups in total. The van der Waals surface area contributed by atoms with Gasteiger partial charge in [0.2, 0.25) is 0 Å². The van der Waals surface area contributed by atoms with E-state index in [1.165, 1.54) is 12.1 Å². The van der Waals surface area contributed by atoms with Gasteiger partial charge in [-0.15, -0.1) is 0 Å². The second-order valence-corrected chi connectivity index (χ2v) is 16.0. The third-order valence-electron chi connectivity index (χ3n) is 10.6. The van der Waals surface area contributed by atoms with Gasteiger partial charge in [-0.3, -0.25) is 9.80 Å². The summed E-state index contributed by atoms with van der Waals surface area (Å²) in [6.07, 6.45) is 1.10. The van der Waals surface area contributed by atoms with E-state index >= 15 is 0 Å². The Hall–Kier alpha value is -4.22. The molecule has 1 aliphatic heterocycles. The molecule has 1 amide bonds. The van der Waals surface area contributed by atoms with E-state index in [1.807, 2.05) is 91.0 Å². The first kappa shape index (κ1) is 41.4. The van der Waals surface area contributed by atoms with Crippen molar-refractivity contribution in [3.8, 4) is 0 Å². The zero-order valence-corrected chi connectivity index (χ0v) is 32.7. The molecule has 1 heterocycles. The molecule has 0 bridgehead atoms. The number of rotatable bonds is 16. The van der Waals surface area contributed by atoms with Crippen LogP contribution in [-0.4, -0.2) is 71.9 Å². The zero-order valence-electron chi connectivity index (χ0n) is 32.7. The summed E-state index contributed by atoms with van der Waals surface area (Å²) < 4.78 is 70.0. The Bertz CT molecular complexity index is 1730. The van der Waals surface area contributed by atoms with Gasteiger partial charge in [0.15, 0.2) is 6.29 Å². The van der Waals surface area contributed by atoms with Crippen LogP contribution in [0.1, 0.15) is 68.7 Å². The molecule has 0 aromatic heterocycles. The highest BCUT2D eigenvalue weighted by molar-refractivity contribution is 5.69. The highest BCUT2D eigenvalue weighted by atomic mass is 19.1. The molecule has 300 valence electrons. The van der Waals surface area contributed by atoms with Gasteiger partial charge >= 0.3 is 6.09 Å². The first-order chi connectivity index (χ1) is 27.0. The fraction of sp³-hybridized carbons (Fsp3) is 0.457. The van der Waals surface area contributed by atoms with E-state index in [9.17, 15) is 18.0 Å². The maximum absolute atomic E-state index is 14.9. The zero-order chi connectivity index (χ0) is 39.5. The van der Waals surface area contributed by atoms with Crippen LogP contribution in [-0.2, 0) is 45.1 Å². The molecule has 1 unspecified atom stereocenters. The molecular formula is C46H55F3N2O5. The second-order valence-electron chi connectivity index (χ2n) is 16.0. The second kappa shape index (κ2) is 19.8. The van der Waals surface area contributed by atoms with Crippen LogP contribution in [0.3, 0.4) is 0 Å². The van der Waals surface area contributed by atoms with E-state index in [4.69, 9.17) is 18.9 Å². The van der Waals surface area contributed by atoms with E-state index in [-0.39, 0.29) is 32.1 Å². The van der Waals surface area contributed by atoms with Crippen molar-refractivity contribution in [1.29, 1.82) is 0 Å². The Labute approximate surface area is 329 Å². The summed E-state index contributed by atoms with van der Waals surface area (Å²) in [5.74, 6) is -1.28. The normalized spacial score (nSPS) is 19.5. The number of amides is 1. The Morgan fingerprint density at radius 2 is 1.38 bits per heavy atom. The van der Waals surface area contributed by atoms with E-state index in [0.29, 0.717) is 18.7 Å². The highest BCUT2D eigenvalue weighted by Crippen LogP contribution is 2.33. The Morgan fingerprint density at radius 3 is 1.91 bits per heavy atom. The van der Waals surface area contributed by atoms with E-state index in [1.54, 1.807) is 25.7 Å². The quantitative estimate of drug-likeness (QED) is 0.113. The molecule has 56 heavy (non-hydrogen) atoms.